The Morgan fingerprint density at radius 3 is 2.90 bits per heavy atom. The van der Waals surface area contributed by atoms with Crippen molar-refractivity contribution in [3.63, 3.8) is 0 Å². The quantitative estimate of drug-likeness (QED) is 0.605. The molecule has 0 N–H and O–H groups in total. The molecule has 106 valence electrons. The third-order valence-electron chi connectivity index (χ3n) is 2.87. The van der Waals surface area contributed by atoms with Crippen molar-refractivity contribution in [1.29, 1.82) is 0 Å². The molecule has 21 heavy (non-hydrogen) atoms. The van der Waals surface area contributed by atoms with E-state index in [2.05, 4.69) is 41.9 Å². The number of aryl methyl sites for hydroxylation is 1. The van der Waals surface area contributed by atoms with E-state index in [9.17, 15) is 4.79 Å². The number of rotatable bonds is 2. The van der Waals surface area contributed by atoms with E-state index in [1.54, 1.807) is 31.4 Å². The first-order valence-corrected chi connectivity index (χ1v) is 7.61. The van der Waals surface area contributed by atoms with Crippen molar-refractivity contribution in [3.05, 3.63) is 61.4 Å². The highest BCUT2D eigenvalue weighted by Crippen LogP contribution is 2.25. The Bertz CT molecular complexity index is 899. The Morgan fingerprint density at radius 1 is 1.38 bits per heavy atom. The number of furan rings is 1. The van der Waals surface area contributed by atoms with E-state index < -0.39 is 0 Å². The van der Waals surface area contributed by atoms with Gasteiger partial charge in [0.2, 0.25) is 0 Å². The lowest BCUT2D eigenvalue weighted by molar-refractivity contribution is 0.559. The lowest BCUT2D eigenvalue weighted by Gasteiger charge is -2.07. The van der Waals surface area contributed by atoms with Crippen molar-refractivity contribution in [2.75, 3.05) is 0 Å². The van der Waals surface area contributed by atoms with Gasteiger partial charge < -0.3 is 4.42 Å². The molecule has 0 radical (unpaired) electrons. The molecular weight excluding hydrogens is 402 g/mol. The van der Waals surface area contributed by atoms with Crippen molar-refractivity contribution in [2.24, 2.45) is 5.10 Å². The Morgan fingerprint density at radius 2 is 2.19 bits per heavy atom. The first-order valence-electron chi connectivity index (χ1n) is 6.02. The van der Waals surface area contributed by atoms with Gasteiger partial charge in [-0.1, -0.05) is 15.9 Å². The lowest BCUT2D eigenvalue weighted by atomic mass is 10.2. The van der Waals surface area contributed by atoms with E-state index in [0.29, 0.717) is 22.5 Å². The zero-order valence-corrected chi connectivity index (χ0v) is 14.1. The molecule has 0 aliphatic rings. The normalized spacial score (nSPS) is 11.6. The third-order valence-corrected chi connectivity index (χ3v) is 3.94. The smallest absolute Gasteiger partial charge is 0.282 e. The number of hydrogen-bond donors (Lipinski definition) is 0. The molecule has 1 aromatic carbocycles. The number of hydrogen-bond acceptors (Lipinski definition) is 4. The van der Waals surface area contributed by atoms with Crippen molar-refractivity contribution in [2.45, 2.75) is 6.92 Å². The maximum absolute atomic E-state index is 12.6. The second kappa shape index (κ2) is 5.57. The lowest BCUT2D eigenvalue weighted by Crippen LogP contribution is -2.20. The van der Waals surface area contributed by atoms with Gasteiger partial charge in [-0.15, -0.1) is 0 Å². The minimum absolute atomic E-state index is 0.234. The van der Waals surface area contributed by atoms with Crippen molar-refractivity contribution in [3.8, 4) is 0 Å². The van der Waals surface area contributed by atoms with E-state index in [4.69, 9.17) is 4.42 Å². The van der Waals surface area contributed by atoms with Gasteiger partial charge in [-0.25, -0.2) is 4.98 Å². The van der Waals surface area contributed by atoms with Crippen LogP contribution in [0.4, 0.5) is 0 Å². The van der Waals surface area contributed by atoms with E-state index in [1.807, 2.05) is 6.07 Å². The highest BCUT2D eigenvalue weighted by atomic mass is 79.9. The van der Waals surface area contributed by atoms with Crippen molar-refractivity contribution in [1.82, 2.24) is 9.66 Å². The molecule has 3 rings (SSSR count). The van der Waals surface area contributed by atoms with Gasteiger partial charge in [0.15, 0.2) is 0 Å². The second-order valence-corrected chi connectivity index (χ2v) is 6.09. The van der Waals surface area contributed by atoms with Crippen LogP contribution in [0.25, 0.3) is 10.9 Å². The summed E-state index contributed by atoms with van der Waals surface area (Å²) in [5.74, 6) is 1.06. The maximum atomic E-state index is 12.6. The molecule has 0 unspecified atom stereocenters. The first-order chi connectivity index (χ1) is 10.1. The third kappa shape index (κ3) is 2.71. The van der Waals surface area contributed by atoms with E-state index in [0.717, 1.165) is 8.95 Å². The van der Waals surface area contributed by atoms with Crippen LogP contribution in [0.5, 0.6) is 0 Å². The molecule has 7 heteroatoms. The van der Waals surface area contributed by atoms with Crippen LogP contribution in [0.3, 0.4) is 0 Å². The summed E-state index contributed by atoms with van der Waals surface area (Å²) in [6.07, 6.45) is 3.03. The average molecular weight is 411 g/mol. The number of halogens is 2. The topological polar surface area (TPSA) is 60.4 Å². The number of benzene rings is 1. The minimum Gasteiger partial charge on any atom is -0.463 e. The molecule has 0 aliphatic heterocycles. The summed E-state index contributed by atoms with van der Waals surface area (Å²) in [6.45, 7) is 1.73. The molecule has 2 heterocycles. The van der Waals surface area contributed by atoms with Crippen LogP contribution in [0.15, 0.2) is 53.8 Å². The van der Waals surface area contributed by atoms with Crippen LogP contribution in [0, 0.1) is 6.92 Å². The highest BCUT2D eigenvalue weighted by Gasteiger charge is 2.11. The van der Waals surface area contributed by atoms with E-state index >= 15 is 0 Å². The summed E-state index contributed by atoms with van der Waals surface area (Å²) < 4.78 is 7.97. The Labute approximate surface area is 136 Å². The summed E-state index contributed by atoms with van der Waals surface area (Å²) >= 11 is 6.79. The van der Waals surface area contributed by atoms with E-state index in [1.165, 1.54) is 10.9 Å². The molecule has 0 spiro atoms. The highest BCUT2D eigenvalue weighted by molar-refractivity contribution is 9.11. The van der Waals surface area contributed by atoms with Crippen LogP contribution in [-0.4, -0.2) is 15.9 Å². The molecule has 5 nitrogen and oxygen atoms in total. The molecule has 0 saturated carbocycles. The van der Waals surface area contributed by atoms with Crippen LogP contribution in [-0.2, 0) is 0 Å². The van der Waals surface area contributed by atoms with Gasteiger partial charge in [-0.3, -0.25) is 4.79 Å². The Kier molecular flexibility index (Phi) is 3.77. The second-order valence-electron chi connectivity index (χ2n) is 4.32. The minimum atomic E-state index is -0.234. The van der Waals surface area contributed by atoms with Gasteiger partial charge in [0.05, 0.1) is 23.4 Å². The molecule has 0 saturated heterocycles. The first kappa shape index (κ1) is 14.2. The number of aromatic nitrogens is 2. The molecule has 0 amide bonds. The van der Waals surface area contributed by atoms with E-state index in [-0.39, 0.29) is 5.56 Å². The standard InChI is InChI=1S/C14H9Br2N3O2/c1-8-18-13-11(5-9(15)6-12(13)16)14(20)19(8)17-7-10-3-2-4-21-10/h2-7H,1H3/b17-7+. The predicted octanol–water partition coefficient (Wildman–Crippen LogP) is 3.71. The fraction of sp³-hybridized carbons (Fsp3) is 0.0714. The fourth-order valence-electron chi connectivity index (χ4n) is 1.93. The zero-order valence-electron chi connectivity index (χ0n) is 10.9. The maximum Gasteiger partial charge on any atom is 0.282 e. The predicted molar refractivity (Wildman–Crippen MR) is 87.8 cm³/mol. The summed E-state index contributed by atoms with van der Waals surface area (Å²) in [5, 5.41) is 4.63. The average Bonchev–Trinajstić information content (AvgIpc) is 2.93. The van der Waals surface area contributed by atoms with Crippen LogP contribution < -0.4 is 5.56 Å². The van der Waals surface area contributed by atoms with Crippen LogP contribution in [0.2, 0.25) is 0 Å². The van der Waals surface area contributed by atoms with Gasteiger partial charge in [0.25, 0.3) is 5.56 Å². The van der Waals surface area contributed by atoms with Crippen LogP contribution >= 0.6 is 31.9 Å². The zero-order chi connectivity index (χ0) is 15.0. The fourth-order valence-corrected chi connectivity index (χ4v) is 3.24. The van der Waals surface area contributed by atoms with Gasteiger partial charge >= 0.3 is 0 Å². The SMILES string of the molecule is Cc1nc2c(Br)cc(Br)cc2c(=O)n1/N=C/c1ccco1. The summed E-state index contributed by atoms with van der Waals surface area (Å²) in [7, 11) is 0. The van der Waals surface area contributed by atoms with Crippen molar-refractivity contribution >= 4 is 49.0 Å². The van der Waals surface area contributed by atoms with Gasteiger partial charge in [0.1, 0.15) is 11.6 Å². The molecule has 3 aromatic rings. The van der Waals surface area contributed by atoms with Gasteiger partial charge in [-0.05, 0) is 47.1 Å². The molecule has 0 fully saturated rings. The summed E-state index contributed by atoms with van der Waals surface area (Å²) in [6, 6.07) is 7.09. The molecule has 0 aliphatic carbocycles. The Hall–Kier alpha value is -1.73. The monoisotopic (exact) mass is 409 g/mol. The largest absolute Gasteiger partial charge is 0.463 e. The van der Waals surface area contributed by atoms with Crippen LogP contribution in [0.1, 0.15) is 11.6 Å². The van der Waals surface area contributed by atoms with Crippen molar-refractivity contribution < 1.29 is 4.42 Å². The summed E-state index contributed by atoms with van der Waals surface area (Å²) in [4.78, 5) is 17.0. The number of fused-ring (bicyclic) bond motifs is 1. The Balaban J connectivity index is 2.22. The summed E-state index contributed by atoms with van der Waals surface area (Å²) in [5.41, 5.74) is 0.382. The number of nitrogens with zero attached hydrogens (tertiary/aromatic N) is 3. The molecule has 0 atom stereocenters. The van der Waals surface area contributed by atoms with Gasteiger partial charge in [-0.2, -0.15) is 9.78 Å². The van der Waals surface area contributed by atoms with Gasteiger partial charge in [0, 0.05) is 8.95 Å². The molecular formula is C14H9Br2N3O2. The molecule has 2 aromatic heterocycles. The molecule has 0 bridgehead atoms.